The second-order valence-electron chi connectivity index (χ2n) is 6.75. The molecule has 2 rings (SSSR count). The average Bonchev–Trinajstić information content (AvgIpc) is 2.70. The van der Waals surface area contributed by atoms with Gasteiger partial charge in [-0.1, -0.05) is 53.2 Å². The van der Waals surface area contributed by atoms with Crippen LogP contribution >= 0.6 is 15.9 Å². The highest BCUT2D eigenvalue weighted by Crippen LogP contribution is 2.16. The number of amides is 2. The molecule has 0 radical (unpaired) electrons. The van der Waals surface area contributed by atoms with Crippen molar-refractivity contribution in [3.05, 3.63) is 64.6 Å². The lowest BCUT2D eigenvalue weighted by Crippen LogP contribution is -2.50. The Kier molecular flexibility index (Phi) is 8.51. The van der Waals surface area contributed by atoms with Crippen LogP contribution in [0.5, 0.6) is 5.75 Å². The van der Waals surface area contributed by atoms with E-state index < -0.39 is 6.04 Å². The number of nitrogens with zero attached hydrogens (tertiary/aromatic N) is 1. The highest BCUT2D eigenvalue weighted by Gasteiger charge is 2.27. The number of rotatable bonds is 9. The second-order valence-corrected chi connectivity index (χ2v) is 7.66. The van der Waals surface area contributed by atoms with Crippen molar-refractivity contribution in [2.75, 3.05) is 6.61 Å². The summed E-state index contributed by atoms with van der Waals surface area (Å²) in [7, 11) is 0. The molecule has 0 aliphatic rings. The lowest BCUT2D eigenvalue weighted by Gasteiger charge is -2.29. The van der Waals surface area contributed by atoms with Gasteiger partial charge in [-0.15, -0.1) is 0 Å². The number of nitrogens with one attached hydrogen (secondary N) is 1. The monoisotopic (exact) mass is 446 g/mol. The first-order valence-electron chi connectivity index (χ1n) is 9.42. The first kappa shape index (κ1) is 22.0. The minimum atomic E-state index is -0.611. The predicted molar refractivity (Wildman–Crippen MR) is 114 cm³/mol. The lowest BCUT2D eigenvalue weighted by atomic mass is 10.1. The first-order chi connectivity index (χ1) is 13.4. The molecule has 150 valence electrons. The van der Waals surface area contributed by atoms with E-state index in [2.05, 4.69) is 21.2 Å². The van der Waals surface area contributed by atoms with Crippen LogP contribution in [0.25, 0.3) is 0 Å². The molecule has 2 atom stereocenters. The Morgan fingerprint density at radius 1 is 1.11 bits per heavy atom. The smallest absolute Gasteiger partial charge is 0.261 e. The van der Waals surface area contributed by atoms with Crippen LogP contribution < -0.4 is 10.1 Å². The number of ether oxygens (including phenoxy) is 1. The van der Waals surface area contributed by atoms with Gasteiger partial charge in [0, 0.05) is 17.1 Å². The molecule has 0 saturated carbocycles. The van der Waals surface area contributed by atoms with E-state index >= 15 is 0 Å². The number of hydrogen-bond acceptors (Lipinski definition) is 3. The van der Waals surface area contributed by atoms with Crippen molar-refractivity contribution in [1.82, 2.24) is 10.2 Å². The van der Waals surface area contributed by atoms with Crippen LogP contribution in [0.4, 0.5) is 0 Å². The van der Waals surface area contributed by atoms with Gasteiger partial charge in [-0.05, 0) is 50.1 Å². The van der Waals surface area contributed by atoms with Crippen molar-refractivity contribution in [2.45, 2.75) is 45.8 Å². The van der Waals surface area contributed by atoms with Crippen LogP contribution in [0.3, 0.4) is 0 Å². The minimum Gasteiger partial charge on any atom is -0.484 e. The van der Waals surface area contributed by atoms with E-state index in [1.165, 1.54) is 0 Å². The molecule has 2 aromatic rings. The summed E-state index contributed by atoms with van der Waals surface area (Å²) in [6.07, 6.45) is 0.829. The molecule has 1 N–H and O–H groups in total. The molecule has 2 amide bonds. The summed E-state index contributed by atoms with van der Waals surface area (Å²) < 4.78 is 6.54. The van der Waals surface area contributed by atoms with Gasteiger partial charge in [-0.25, -0.2) is 0 Å². The quantitative estimate of drug-likeness (QED) is 0.628. The zero-order valence-corrected chi connectivity index (χ0v) is 18.1. The summed E-state index contributed by atoms with van der Waals surface area (Å²) in [5, 5.41) is 2.95. The van der Waals surface area contributed by atoms with Crippen molar-refractivity contribution in [1.29, 1.82) is 0 Å². The van der Waals surface area contributed by atoms with Crippen LogP contribution in [0.1, 0.15) is 32.8 Å². The Balaban J connectivity index is 2.14. The second kappa shape index (κ2) is 10.9. The molecule has 0 fully saturated rings. The molecule has 0 heterocycles. The van der Waals surface area contributed by atoms with Crippen LogP contribution in [0.15, 0.2) is 59.1 Å². The molecule has 0 aromatic heterocycles. The highest BCUT2D eigenvalue weighted by atomic mass is 79.9. The molecule has 0 aliphatic heterocycles. The zero-order valence-electron chi connectivity index (χ0n) is 16.5. The fraction of sp³-hybridized carbons (Fsp3) is 0.364. The van der Waals surface area contributed by atoms with Gasteiger partial charge >= 0.3 is 0 Å². The van der Waals surface area contributed by atoms with Crippen LogP contribution in [0.2, 0.25) is 0 Å². The molecule has 0 spiro atoms. The standard InChI is InChI=1S/C22H27BrN2O3/c1-4-16(2)24-22(27)17(3)25(14-18-9-8-10-19(23)13-18)21(26)15-28-20-11-6-5-7-12-20/h5-13,16-17H,4,14-15H2,1-3H3,(H,24,27). The summed E-state index contributed by atoms with van der Waals surface area (Å²) in [4.78, 5) is 27.1. The molecule has 28 heavy (non-hydrogen) atoms. The van der Waals surface area contributed by atoms with E-state index in [4.69, 9.17) is 4.74 Å². The zero-order chi connectivity index (χ0) is 20.5. The third kappa shape index (κ3) is 6.68. The van der Waals surface area contributed by atoms with E-state index in [9.17, 15) is 9.59 Å². The molecule has 5 nitrogen and oxygen atoms in total. The topological polar surface area (TPSA) is 58.6 Å². The summed E-state index contributed by atoms with van der Waals surface area (Å²) >= 11 is 3.45. The van der Waals surface area contributed by atoms with Crippen molar-refractivity contribution in [3.8, 4) is 5.75 Å². The number of carbonyl (C=O) groups excluding carboxylic acids is 2. The van der Waals surface area contributed by atoms with Crippen molar-refractivity contribution in [2.24, 2.45) is 0 Å². The van der Waals surface area contributed by atoms with Gasteiger partial charge in [0.25, 0.3) is 5.91 Å². The van der Waals surface area contributed by atoms with Gasteiger partial charge < -0.3 is 15.0 Å². The maximum absolute atomic E-state index is 12.9. The predicted octanol–water partition coefficient (Wildman–Crippen LogP) is 4.16. The number of para-hydroxylation sites is 1. The first-order valence-corrected chi connectivity index (χ1v) is 10.2. The van der Waals surface area contributed by atoms with Gasteiger partial charge in [0.2, 0.25) is 5.91 Å². The van der Waals surface area contributed by atoms with Crippen molar-refractivity contribution >= 4 is 27.7 Å². The van der Waals surface area contributed by atoms with Gasteiger partial charge in [-0.2, -0.15) is 0 Å². The maximum Gasteiger partial charge on any atom is 0.261 e. The van der Waals surface area contributed by atoms with Crippen LogP contribution in [-0.2, 0) is 16.1 Å². The lowest BCUT2D eigenvalue weighted by molar-refractivity contribution is -0.142. The molecule has 0 saturated heterocycles. The van der Waals surface area contributed by atoms with Crippen LogP contribution in [0, 0.1) is 0 Å². The van der Waals surface area contributed by atoms with E-state index in [1.54, 1.807) is 24.0 Å². The normalized spacial score (nSPS) is 12.7. The van der Waals surface area contributed by atoms with Gasteiger partial charge in [0.1, 0.15) is 11.8 Å². The maximum atomic E-state index is 12.9. The summed E-state index contributed by atoms with van der Waals surface area (Å²) in [5.74, 6) is 0.211. The fourth-order valence-corrected chi connectivity index (χ4v) is 3.07. The number of hydrogen-bond donors (Lipinski definition) is 1. The van der Waals surface area contributed by atoms with Gasteiger partial charge in [0.15, 0.2) is 6.61 Å². The molecule has 0 bridgehead atoms. The summed E-state index contributed by atoms with van der Waals surface area (Å²) in [5.41, 5.74) is 0.936. The fourth-order valence-electron chi connectivity index (χ4n) is 2.62. The van der Waals surface area contributed by atoms with Crippen LogP contribution in [-0.4, -0.2) is 35.4 Å². The minimum absolute atomic E-state index is 0.0540. The Morgan fingerprint density at radius 2 is 1.82 bits per heavy atom. The van der Waals surface area contributed by atoms with Crippen molar-refractivity contribution < 1.29 is 14.3 Å². The molecule has 2 unspecified atom stereocenters. The summed E-state index contributed by atoms with van der Waals surface area (Å²) in [6, 6.07) is 16.3. The molecule has 0 aliphatic carbocycles. The Labute approximate surface area is 175 Å². The Morgan fingerprint density at radius 3 is 2.46 bits per heavy atom. The SMILES string of the molecule is CCC(C)NC(=O)C(C)N(Cc1cccc(Br)c1)C(=O)COc1ccccc1. The Hall–Kier alpha value is -2.34. The van der Waals surface area contributed by atoms with E-state index in [1.807, 2.05) is 56.3 Å². The van der Waals surface area contributed by atoms with Crippen molar-refractivity contribution in [3.63, 3.8) is 0 Å². The molecule has 2 aromatic carbocycles. The third-order valence-electron chi connectivity index (χ3n) is 4.52. The highest BCUT2D eigenvalue weighted by molar-refractivity contribution is 9.10. The Bertz CT molecular complexity index is 782. The summed E-state index contributed by atoms with van der Waals surface area (Å²) in [6.45, 7) is 5.90. The van der Waals surface area contributed by atoms with E-state index in [-0.39, 0.29) is 24.5 Å². The third-order valence-corrected chi connectivity index (χ3v) is 5.01. The molecular formula is C22H27BrN2O3. The average molecular weight is 447 g/mol. The number of halogens is 1. The van der Waals surface area contributed by atoms with E-state index in [0.29, 0.717) is 12.3 Å². The van der Waals surface area contributed by atoms with E-state index in [0.717, 1.165) is 16.5 Å². The molecular weight excluding hydrogens is 420 g/mol. The number of carbonyl (C=O) groups is 2. The largest absolute Gasteiger partial charge is 0.484 e. The molecule has 6 heteroatoms. The number of benzene rings is 2. The van der Waals surface area contributed by atoms with Gasteiger partial charge in [-0.3, -0.25) is 9.59 Å². The van der Waals surface area contributed by atoms with Gasteiger partial charge in [0.05, 0.1) is 0 Å².